The predicted molar refractivity (Wildman–Crippen MR) is 64.8 cm³/mol. The normalized spacial score (nSPS) is 10.0. The van der Waals surface area contributed by atoms with Gasteiger partial charge in [0, 0.05) is 12.8 Å². The van der Waals surface area contributed by atoms with Crippen molar-refractivity contribution in [2.45, 2.75) is 65.2 Å². The Hall–Kier alpha value is -1.06. The molecule has 4 nitrogen and oxygen atoms in total. The van der Waals surface area contributed by atoms with Crippen molar-refractivity contribution < 1.29 is 19.1 Å². The van der Waals surface area contributed by atoms with Crippen LogP contribution >= 0.6 is 0 Å². The third-order valence-corrected chi connectivity index (χ3v) is 2.33. The molecule has 0 aromatic heterocycles. The SMILES string of the molecule is CCCCCC(=O)O[CH]OC(=O)CCCCC. The molecule has 0 aliphatic carbocycles. The first-order valence-corrected chi connectivity index (χ1v) is 6.41. The minimum atomic E-state index is -0.347. The zero-order valence-corrected chi connectivity index (χ0v) is 10.9. The third-order valence-electron chi connectivity index (χ3n) is 2.33. The van der Waals surface area contributed by atoms with Crippen LogP contribution in [0.25, 0.3) is 0 Å². The fraction of sp³-hybridized carbons (Fsp3) is 0.769. The van der Waals surface area contributed by atoms with Crippen LogP contribution in [-0.2, 0) is 19.1 Å². The number of carbonyl (C=O) groups is 2. The monoisotopic (exact) mass is 243 g/mol. The Bertz CT molecular complexity index is 191. The molecule has 0 aliphatic heterocycles. The maximum atomic E-state index is 11.1. The van der Waals surface area contributed by atoms with E-state index in [0.29, 0.717) is 12.8 Å². The highest BCUT2D eigenvalue weighted by molar-refractivity contribution is 5.71. The van der Waals surface area contributed by atoms with Gasteiger partial charge in [-0.15, -0.1) is 0 Å². The summed E-state index contributed by atoms with van der Waals surface area (Å²) in [5.74, 6) is -0.695. The Morgan fingerprint density at radius 2 is 1.24 bits per heavy atom. The highest BCUT2D eigenvalue weighted by Gasteiger charge is 2.06. The first kappa shape index (κ1) is 15.9. The van der Waals surface area contributed by atoms with Crippen LogP contribution in [0, 0.1) is 6.79 Å². The molecule has 0 aromatic rings. The molecule has 0 aliphatic rings. The van der Waals surface area contributed by atoms with Gasteiger partial charge in [-0.1, -0.05) is 39.5 Å². The van der Waals surface area contributed by atoms with Crippen molar-refractivity contribution in [3.05, 3.63) is 6.79 Å². The van der Waals surface area contributed by atoms with Crippen molar-refractivity contribution >= 4 is 11.9 Å². The molecule has 0 rings (SSSR count). The molecule has 4 heteroatoms. The van der Waals surface area contributed by atoms with Crippen LogP contribution in [0.15, 0.2) is 0 Å². The summed E-state index contributed by atoms with van der Waals surface area (Å²) in [5, 5.41) is 0. The number of hydrogen-bond acceptors (Lipinski definition) is 4. The molecule has 0 bridgehead atoms. The van der Waals surface area contributed by atoms with E-state index in [1.54, 1.807) is 0 Å². The lowest BCUT2D eigenvalue weighted by molar-refractivity contribution is -0.156. The van der Waals surface area contributed by atoms with E-state index < -0.39 is 0 Å². The molecule has 0 amide bonds. The molecule has 0 atom stereocenters. The Kier molecular flexibility index (Phi) is 10.7. The zero-order valence-electron chi connectivity index (χ0n) is 10.9. The van der Waals surface area contributed by atoms with Gasteiger partial charge in [-0.3, -0.25) is 9.59 Å². The van der Waals surface area contributed by atoms with Crippen LogP contribution in [0.3, 0.4) is 0 Å². The van der Waals surface area contributed by atoms with Gasteiger partial charge in [0.15, 0.2) is 0 Å². The van der Waals surface area contributed by atoms with Gasteiger partial charge in [0.25, 0.3) is 0 Å². The molecule has 0 saturated carbocycles. The highest BCUT2D eigenvalue weighted by Crippen LogP contribution is 2.04. The van der Waals surface area contributed by atoms with Gasteiger partial charge in [-0.2, -0.15) is 0 Å². The molecular weight excluding hydrogens is 220 g/mol. The lowest BCUT2D eigenvalue weighted by atomic mass is 10.2. The van der Waals surface area contributed by atoms with Crippen molar-refractivity contribution in [2.24, 2.45) is 0 Å². The fourth-order valence-corrected chi connectivity index (χ4v) is 1.29. The first-order valence-electron chi connectivity index (χ1n) is 6.41. The average Bonchev–Trinajstić information content (AvgIpc) is 2.30. The van der Waals surface area contributed by atoms with Crippen molar-refractivity contribution in [2.75, 3.05) is 0 Å². The molecule has 0 N–H and O–H groups in total. The number of rotatable bonds is 10. The molecule has 0 aromatic carbocycles. The fourth-order valence-electron chi connectivity index (χ4n) is 1.29. The molecule has 1 radical (unpaired) electrons. The molecule has 0 spiro atoms. The molecular formula is C13H23O4. The number of ether oxygens (including phenoxy) is 2. The summed E-state index contributed by atoms with van der Waals surface area (Å²) in [4.78, 5) is 22.2. The Morgan fingerprint density at radius 1 is 0.824 bits per heavy atom. The molecule has 0 heterocycles. The van der Waals surface area contributed by atoms with Gasteiger partial charge in [0.1, 0.15) is 0 Å². The van der Waals surface area contributed by atoms with Gasteiger partial charge < -0.3 is 9.47 Å². The van der Waals surface area contributed by atoms with Crippen LogP contribution in [-0.4, -0.2) is 11.9 Å². The summed E-state index contributed by atoms with van der Waals surface area (Å²) >= 11 is 0. The molecule has 99 valence electrons. The molecule has 17 heavy (non-hydrogen) atoms. The van der Waals surface area contributed by atoms with Crippen molar-refractivity contribution in [3.63, 3.8) is 0 Å². The van der Waals surface area contributed by atoms with Crippen LogP contribution in [0.5, 0.6) is 0 Å². The standard InChI is InChI=1S/C13H23O4/c1-3-5-7-9-12(14)16-11-17-13(15)10-8-6-4-2/h11H,3-10H2,1-2H3. The van der Waals surface area contributed by atoms with Crippen molar-refractivity contribution in [1.29, 1.82) is 0 Å². The lowest BCUT2D eigenvalue weighted by Gasteiger charge is -2.04. The van der Waals surface area contributed by atoms with Crippen LogP contribution in [0.2, 0.25) is 0 Å². The van der Waals surface area contributed by atoms with Crippen molar-refractivity contribution in [3.8, 4) is 0 Å². The van der Waals surface area contributed by atoms with Gasteiger partial charge in [0.2, 0.25) is 0 Å². The molecule has 0 unspecified atom stereocenters. The van der Waals surface area contributed by atoms with Crippen LogP contribution < -0.4 is 0 Å². The summed E-state index contributed by atoms with van der Waals surface area (Å²) < 4.78 is 9.32. The van der Waals surface area contributed by atoms with Gasteiger partial charge in [-0.05, 0) is 12.8 Å². The number of unbranched alkanes of at least 4 members (excludes halogenated alkanes) is 4. The van der Waals surface area contributed by atoms with Crippen LogP contribution in [0.1, 0.15) is 65.2 Å². The minimum Gasteiger partial charge on any atom is -0.417 e. The minimum absolute atomic E-state index is 0.347. The topological polar surface area (TPSA) is 52.6 Å². The van der Waals surface area contributed by atoms with E-state index in [0.717, 1.165) is 45.3 Å². The van der Waals surface area contributed by atoms with Gasteiger partial charge in [0.05, 0.1) is 0 Å². The quantitative estimate of drug-likeness (QED) is 0.436. The van der Waals surface area contributed by atoms with Crippen molar-refractivity contribution in [1.82, 2.24) is 0 Å². The Morgan fingerprint density at radius 3 is 1.59 bits per heavy atom. The number of esters is 2. The Labute approximate surface area is 104 Å². The van der Waals surface area contributed by atoms with E-state index in [2.05, 4.69) is 23.3 Å². The predicted octanol–water partition coefficient (Wildman–Crippen LogP) is 3.35. The summed E-state index contributed by atoms with van der Waals surface area (Å²) in [6.07, 6.45) is 6.50. The maximum Gasteiger partial charge on any atom is 0.320 e. The largest absolute Gasteiger partial charge is 0.417 e. The molecule has 0 fully saturated rings. The summed E-state index contributed by atoms with van der Waals surface area (Å²) in [6, 6.07) is 0. The second-order valence-corrected chi connectivity index (χ2v) is 3.99. The van der Waals surface area contributed by atoms with E-state index in [1.165, 1.54) is 0 Å². The van der Waals surface area contributed by atoms with Gasteiger partial charge in [-0.25, -0.2) is 0 Å². The lowest BCUT2D eigenvalue weighted by Crippen LogP contribution is -2.08. The van der Waals surface area contributed by atoms with E-state index in [1.807, 2.05) is 0 Å². The average molecular weight is 243 g/mol. The second kappa shape index (κ2) is 11.4. The van der Waals surface area contributed by atoms with Crippen LogP contribution in [0.4, 0.5) is 0 Å². The highest BCUT2D eigenvalue weighted by atomic mass is 16.7. The third kappa shape index (κ3) is 11.2. The van der Waals surface area contributed by atoms with E-state index in [4.69, 9.17) is 0 Å². The number of hydrogen-bond donors (Lipinski definition) is 0. The first-order chi connectivity index (χ1) is 8.20. The maximum absolute atomic E-state index is 11.1. The van der Waals surface area contributed by atoms with Gasteiger partial charge >= 0.3 is 18.7 Å². The molecule has 0 saturated heterocycles. The Balaban J connectivity index is 3.36. The summed E-state index contributed by atoms with van der Waals surface area (Å²) in [6.45, 7) is 4.98. The number of carbonyl (C=O) groups excluding carboxylic acids is 2. The van der Waals surface area contributed by atoms with E-state index in [9.17, 15) is 9.59 Å². The summed E-state index contributed by atoms with van der Waals surface area (Å²) in [7, 11) is 0. The zero-order chi connectivity index (χ0) is 12.9. The smallest absolute Gasteiger partial charge is 0.320 e. The second-order valence-electron chi connectivity index (χ2n) is 3.99. The summed E-state index contributed by atoms with van der Waals surface area (Å²) in [5.41, 5.74) is 0. The van der Waals surface area contributed by atoms with E-state index in [-0.39, 0.29) is 11.9 Å². The van der Waals surface area contributed by atoms with E-state index >= 15 is 0 Å².